The van der Waals surface area contributed by atoms with Crippen LogP contribution < -0.4 is 0 Å². The van der Waals surface area contributed by atoms with Crippen molar-refractivity contribution in [3.63, 3.8) is 0 Å². The molecule has 1 heterocycles. The lowest BCUT2D eigenvalue weighted by atomic mass is 10.1. The Morgan fingerprint density at radius 3 is 2.78 bits per heavy atom. The molecular formula is C15H17NO2. The lowest BCUT2D eigenvalue weighted by Gasteiger charge is -2.13. The Kier molecular flexibility index (Phi) is 2.82. The fraction of sp³-hybridized carbons (Fsp3) is 0.400. The summed E-state index contributed by atoms with van der Waals surface area (Å²) in [7, 11) is 0. The Balaban J connectivity index is 2.05. The molecule has 1 aliphatic rings. The van der Waals surface area contributed by atoms with Crippen LogP contribution in [0, 0.1) is 0 Å². The number of hydrogen-bond acceptors (Lipinski definition) is 1. The molecule has 3 rings (SSSR count). The molecule has 18 heavy (non-hydrogen) atoms. The molecule has 2 aromatic rings. The van der Waals surface area contributed by atoms with E-state index in [0.29, 0.717) is 6.04 Å². The average Bonchev–Trinajstić information content (AvgIpc) is 2.96. The summed E-state index contributed by atoms with van der Waals surface area (Å²) in [5, 5.41) is 10.0. The molecule has 0 spiro atoms. The van der Waals surface area contributed by atoms with Crippen LogP contribution in [-0.4, -0.2) is 15.6 Å². The van der Waals surface area contributed by atoms with E-state index < -0.39 is 5.97 Å². The quantitative estimate of drug-likeness (QED) is 0.897. The van der Waals surface area contributed by atoms with Crippen LogP contribution in [0.25, 0.3) is 10.9 Å². The highest BCUT2D eigenvalue weighted by atomic mass is 16.4. The molecule has 1 aliphatic carbocycles. The SMILES string of the molecule is O=C(O)Cc1cccc2c1ccn2C1CCCC1. The van der Waals surface area contributed by atoms with Gasteiger partial charge in [-0.3, -0.25) is 4.79 Å². The van der Waals surface area contributed by atoms with E-state index in [2.05, 4.69) is 22.9 Å². The summed E-state index contributed by atoms with van der Waals surface area (Å²) in [5.74, 6) is -0.767. The monoisotopic (exact) mass is 243 g/mol. The number of rotatable bonds is 3. The Bertz CT molecular complexity index is 579. The number of carboxylic acid groups (broad SMARTS) is 1. The van der Waals surface area contributed by atoms with Gasteiger partial charge in [-0.1, -0.05) is 25.0 Å². The molecule has 1 saturated carbocycles. The van der Waals surface area contributed by atoms with Crippen LogP contribution in [0.15, 0.2) is 30.5 Å². The first-order valence-corrected chi connectivity index (χ1v) is 6.56. The Morgan fingerprint density at radius 1 is 1.28 bits per heavy atom. The number of aromatic nitrogens is 1. The van der Waals surface area contributed by atoms with Crippen molar-refractivity contribution in [3.05, 3.63) is 36.0 Å². The molecule has 94 valence electrons. The summed E-state index contributed by atoms with van der Waals surface area (Å²) in [4.78, 5) is 10.9. The zero-order chi connectivity index (χ0) is 12.5. The summed E-state index contributed by atoms with van der Waals surface area (Å²) in [6.07, 6.45) is 7.32. The molecule has 1 N–H and O–H groups in total. The molecule has 1 aromatic heterocycles. The van der Waals surface area contributed by atoms with Gasteiger partial charge in [0.05, 0.1) is 6.42 Å². The van der Waals surface area contributed by atoms with Crippen molar-refractivity contribution in [1.29, 1.82) is 0 Å². The fourth-order valence-electron chi connectivity index (χ4n) is 3.07. The number of carboxylic acids is 1. The molecule has 0 amide bonds. The van der Waals surface area contributed by atoms with E-state index in [0.717, 1.165) is 10.9 Å². The molecule has 0 saturated heterocycles. The van der Waals surface area contributed by atoms with Crippen LogP contribution in [-0.2, 0) is 11.2 Å². The highest BCUT2D eigenvalue weighted by Gasteiger charge is 2.18. The second-order valence-electron chi connectivity index (χ2n) is 5.08. The molecule has 0 radical (unpaired) electrons. The van der Waals surface area contributed by atoms with Crippen molar-refractivity contribution in [2.75, 3.05) is 0 Å². The van der Waals surface area contributed by atoms with Crippen molar-refractivity contribution in [2.45, 2.75) is 38.1 Å². The standard InChI is InChI=1S/C15H17NO2/c17-15(18)10-11-4-3-7-14-13(11)8-9-16(14)12-5-1-2-6-12/h3-4,7-9,12H,1-2,5-6,10H2,(H,17,18). The summed E-state index contributed by atoms with van der Waals surface area (Å²) < 4.78 is 2.33. The van der Waals surface area contributed by atoms with E-state index in [1.54, 1.807) is 0 Å². The number of benzene rings is 1. The van der Waals surface area contributed by atoms with Gasteiger partial charge in [-0.05, 0) is 30.5 Å². The van der Waals surface area contributed by atoms with Crippen molar-refractivity contribution in [3.8, 4) is 0 Å². The minimum absolute atomic E-state index is 0.103. The molecule has 3 heteroatoms. The third kappa shape index (κ3) is 1.90. The second kappa shape index (κ2) is 4.48. The van der Waals surface area contributed by atoms with Gasteiger partial charge in [0.25, 0.3) is 0 Å². The van der Waals surface area contributed by atoms with Gasteiger partial charge in [-0.2, -0.15) is 0 Å². The van der Waals surface area contributed by atoms with E-state index in [1.165, 1.54) is 31.2 Å². The van der Waals surface area contributed by atoms with Gasteiger partial charge in [-0.15, -0.1) is 0 Å². The van der Waals surface area contributed by atoms with Crippen molar-refractivity contribution >= 4 is 16.9 Å². The van der Waals surface area contributed by atoms with Crippen molar-refractivity contribution in [2.24, 2.45) is 0 Å². The Morgan fingerprint density at radius 2 is 2.06 bits per heavy atom. The zero-order valence-corrected chi connectivity index (χ0v) is 10.3. The second-order valence-corrected chi connectivity index (χ2v) is 5.08. The molecular weight excluding hydrogens is 226 g/mol. The minimum atomic E-state index is -0.767. The van der Waals surface area contributed by atoms with Crippen LogP contribution >= 0.6 is 0 Å². The maximum atomic E-state index is 10.9. The molecule has 3 nitrogen and oxygen atoms in total. The molecule has 0 atom stereocenters. The summed E-state index contributed by atoms with van der Waals surface area (Å²) in [5.41, 5.74) is 2.09. The van der Waals surface area contributed by atoms with Crippen molar-refractivity contribution in [1.82, 2.24) is 4.57 Å². The normalized spacial score (nSPS) is 16.4. The van der Waals surface area contributed by atoms with Crippen LogP contribution in [0.1, 0.15) is 37.3 Å². The first kappa shape index (κ1) is 11.3. The number of aliphatic carboxylic acids is 1. The van der Waals surface area contributed by atoms with Crippen LogP contribution in [0.3, 0.4) is 0 Å². The first-order chi connectivity index (χ1) is 8.75. The predicted molar refractivity (Wildman–Crippen MR) is 70.8 cm³/mol. The molecule has 0 aliphatic heterocycles. The van der Waals surface area contributed by atoms with Crippen LogP contribution in [0.2, 0.25) is 0 Å². The third-order valence-electron chi connectivity index (χ3n) is 3.91. The fourth-order valence-corrected chi connectivity index (χ4v) is 3.07. The highest BCUT2D eigenvalue weighted by Crippen LogP contribution is 2.33. The maximum Gasteiger partial charge on any atom is 0.307 e. The highest BCUT2D eigenvalue weighted by molar-refractivity contribution is 5.87. The molecule has 0 unspecified atom stereocenters. The Hall–Kier alpha value is -1.77. The number of fused-ring (bicyclic) bond motifs is 1. The maximum absolute atomic E-state index is 10.9. The van der Waals surface area contributed by atoms with E-state index in [-0.39, 0.29) is 6.42 Å². The predicted octanol–water partition coefficient (Wildman–Crippen LogP) is 3.38. The average molecular weight is 243 g/mol. The van der Waals surface area contributed by atoms with Crippen LogP contribution in [0.5, 0.6) is 0 Å². The van der Waals surface area contributed by atoms with Gasteiger partial charge >= 0.3 is 5.97 Å². The largest absolute Gasteiger partial charge is 0.481 e. The Labute approximate surface area is 106 Å². The van der Waals surface area contributed by atoms with E-state index >= 15 is 0 Å². The molecule has 1 fully saturated rings. The number of carbonyl (C=O) groups is 1. The van der Waals surface area contributed by atoms with Gasteiger partial charge in [0, 0.05) is 23.1 Å². The van der Waals surface area contributed by atoms with Crippen LogP contribution in [0.4, 0.5) is 0 Å². The van der Waals surface area contributed by atoms with Gasteiger partial charge in [-0.25, -0.2) is 0 Å². The molecule has 0 bridgehead atoms. The van der Waals surface area contributed by atoms with Gasteiger partial charge in [0.2, 0.25) is 0 Å². The third-order valence-corrected chi connectivity index (χ3v) is 3.91. The summed E-state index contributed by atoms with van der Waals surface area (Å²) in [6, 6.07) is 8.63. The van der Waals surface area contributed by atoms with Gasteiger partial charge < -0.3 is 9.67 Å². The van der Waals surface area contributed by atoms with E-state index in [9.17, 15) is 4.79 Å². The summed E-state index contributed by atoms with van der Waals surface area (Å²) in [6.45, 7) is 0. The van der Waals surface area contributed by atoms with E-state index in [1.807, 2.05) is 12.1 Å². The zero-order valence-electron chi connectivity index (χ0n) is 10.3. The number of nitrogens with zero attached hydrogens (tertiary/aromatic N) is 1. The topological polar surface area (TPSA) is 42.2 Å². The molecule has 1 aromatic carbocycles. The first-order valence-electron chi connectivity index (χ1n) is 6.56. The number of hydrogen-bond donors (Lipinski definition) is 1. The lowest BCUT2D eigenvalue weighted by Crippen LogP contribution is -2.03. The van der Waals surface area contributed by atoms with E-state index in [4.69, 9.17) is 5.11 Å². The van der Waals surface area contributed by atoms with Crippen molar-refractivity contribution < 1.29 is 9.90 Å². The minimum Gasteiger partial charge on any atom is -0.481 e. The smallest absolute Gasteiger partial charge is 0.307 e. The van der Waals surface area contributed by atoms with Gasteiger partial charge in [0.15, 0.2) is 0 Å². The lowest BCUT2D eigenvalue weighted by molar-refractivity contribution is -0.136. The summed E-state index contributed by atoms with van der Waals surface area (Å²) >= 11 is 0. The van der Waals surface area contributed by atoms with Gasteiger partial charge in [0.1, 0.15) is 0 Å².